The van der Waals surface area contributed by atoms with E-state index in [0.717, 1.165) is 39.0 Å². The molecule has 144 valence electrons. The first kappa shape index (κ1) is 18.3. The monoisotopic (exact) mass is 367 g/mol. The Hall–Kier alpha value is -2.11. The van der Waals surface area contributed by atoms with Gasteiger partial charge in [0.2, 0.25) is 0 Å². The molecule has 1 aromatic carbocycles. The fourth-order valence-electron chi connectivity index (χ4n) is 4.37. The fraction of sp³-hybridized carbons (Fsp3) is 0.500. The number of likely N-dealkylation sites (tertiary alicyclic amines) is 2. The van der Waals surface area contributed by atoms with Crippen molar-refractivity contribution in [1.29, 1.82) is 0 Å². The molecule has 1 N–H and O–H groups in total. The third-order valence-electron chi connectivity index (χ3n) is 6.07. The SMILES string of the molecule is C[C@H](c1ccccc1)N1CC[C@@H](NC2CCN(C(=O)c3ccoc3)CC2)C1. The van der Waals surface area contributed by atoms with Crippen LogP contribution in [0.4, 0.5) is 0 Å². The van der Waals surface area contributed by atoms with Crippen molar-refractivity contribution in [2.45, 2.75) is 44.3 Å². The zero-order chi connectivity index (χ0) is 18.6. The first-order valence-corrected chi connectivity index (χ1v) is 10.1. The first-order valence-electron chi connectivity index (χ1n) is 10.1. The summed E-state index contributed by atoms with van der Waals surface area (Å²) in [5, 5.41) is 3.85. The number of hydrogen-bond donors (Lipinski definition) is 1. The van der Waals surface area contributed by atoms with Gasteiger partial charge >= 0.3 is 0 Å². The molecule has 2 aromatic rings. The maximum atomic E-state index is 12.4. The Kier molecular flexibility index (Phi) is 5.60. The molecule has 2 aliphatic rings. The molecule has 0 unspecified atom stereocenters. The molecule has 2 fully saturated rings. The Bertz CT molecular complexity index is 723. The number of hydrogen-bond acceptors (Lipinski definition) is 4. The molecule has 1 amide bonds. The highest BCUT2D eigenvalue weighted by Crippen LogP contribution is 2.25. The zero-order valence-corrected chi connectivity index (χ0v) is 16.0. The van der Waals surface area contributed by atoms with Gasteiger partial charge in [0.15, 0.2) is 0 Å². The largest absolute Gasteiger partial charge is 0.472 e. The van der Waals surface area contributed by atoms with Crippen LogP contribution >= 0.6 is 0 Å². The van der Waals surface area contributed by atoms with Gasteiger partial charge in [0, 0.05) is 44.3 Å². The van der Waals surface area contributed by atoms with Gasteiger partial charge < -0.3 is 14.6 Å². The predicted molar refractivity (Wildman–Crippen MR) is 106 cm³/mol. The second-order valence-corrected chi connectivity index (χ2v) is 7.81. The molecule has 0 spiro atoms. The summed E-state index contributed by atoms with van der Waals surface area (Å²) in [7, 11) is 0. The van der Waals surface area contributed by atoms with Crippen LogP contribution in [-0.2, 0) is 0 Å². The Morgan fingerprint density at radius 2 is 1.81 bits per heavy atom. The van der Waals surface area contributed by atoms with E-state index in [2.05, 4.69) is 47.5 Å². The molecular weight excluding hydrogens is 338 g/mol. The molecule has 2 atom stereocenters. The highest BCUT2D eigenvalue weighted by Gasteiger charge is 2.30. The number of rotatable bonds is 5. The van der Waals surface area contributed by atoms with E-state index in [-0.39, 0.29) is 5.91 Å². The molecule has 3 heterocycles. The van der Waals surface area contributed by atoms with E-state index in [9.17, 15) is 4.79 Å². The van der Waals surface area contributed by atoms with Gasteiger partial charge in [0.1, 0.15) is 6.26 Å². The summed E-state index contributed by atoms with van der Waals surface area (Å²) in [6.07, 6.45) is 6.34. The highest BCUT2D eigenvalue weighted by atomic mass is 16.3. The lowest BCUT2D eigenvalue weighted by Gasteiger charge is -2.34. The van der Waals surface area contributed by atoms with Crippen molar-refractivity contribution in [2.24, 2.45) is 0 Å². The molecule has 0 radical (unpaired) electrons. The Balaban J connectivity index is 1.24. The summed E-state index contributed by atoms with van der Waals surface area (Å²) in [6.45, 7) is 6.19. The van der Waals surface area contributed by atoms with Gasteiger partial charge in [-0.2, -0.15) is 0 Å². The van der Waals surface area contributed by atoms with Gasteiger partial charge in [-0.15, -0.1) is 0 Å². The van der Waals surface area contributed by atoms with E-state index < -0.39 is 0 Å². The number of carbonyl (C=O) groups is 1. The van der Waals surface area contributed by atoms with Crippen molar-refractivity contribution in [3.63, 3.8) is 0 Å². The molecular formula is C22H29N3O2. The smallest absolute Gasteiger partial charge is 0.257 e. The van der Waals surface area contributed by atoms with Crippen LogP contribution in [0, 0.1) is 0 Å². The number of nitrogens with zero attached hydrogens (tertiary/aromatic N) is 2. The molecule has 0 saturated carbocycles. The normalized spacial score (nSPS) is 22.9. The molecule has 5 nitrogen and oxygen atoms in total. The van der Waals surface area contributed by atoms with Gasteiger partial charge in [-0.1, -0.05) is 30.3 Å². The minimum Gasteiger partial charge on any atom is -0.472 e. The topological polar surface area (TPSA) is 48.7 Å². The molecule has 2 aliphatic heterocycles. The average Bonchev–Trinajstić information content (AvgIpc) is 3.40. The minimum absolute atomic E-state index is 0.0888. The van der Waals surface area contributed by atoms with Gasteiger partial charge in [-0.25, -0.2) is 0 Å². The summed E-state index contributed by atoms with van der Waals surface area (Å²) < 4.78 is 5.03. The Morgan fingerprint density at radius 1 is 1.07 bits per heavy atom. The second-order valence-electron chi connectivity index (χ2n) is 7.81. The summed E-state index contributed by atoms with van der Waals surface area (Å²) in [6, 6.07) is 14.0. The molecule has 0 bridgehead atoms. The molecule has 5 heteroatoms. The maximum Gasteiger partial charge on any atom is 0.257 e. The van der Waals surface area contributed by atoms with Crippen LogP contribution in [-0.4, -0.2) is 54.0 Å². The van der Waals surface area contributed by atoms with Gasteiger partial charge in [-0.05, 0) is 37.8 Å². The Labute approximate surface area is 161 Å². The van der Waals surface area contributed by atoms with E-state index in [1.54, 1.807) is 12.3 Å². The highest BCUT2D eigenvalue weighted by molar-refractivity contribution is 5.93. The van der Waals surface area contributed by atoms with Crippen LogP contribution in [0.1, 0.15) is 48.1 Å². The number of piperidine rings is 1. The lowest BCUT2D eigenvalue weighted by atomic mass is 10.0. The molecule has 4 rings (SSSR count). The lowest BCUT2D eigenvalue weighted by molar-refractivity contribution is 0.0701. The van der Waals surface area contributed by atoms with E-state index in [4.69, 9.17) is 4.42 Å². The van der Waals surface area contributed by atoms with Crippen LogP contribution in [0.15, 0.2) is 53.3 Å². The van der Waals surface area contributed by atoms with Crippen LogP contribution in [0.2, 0.25) is 0 Å². The lowest BCUT2D eigenvalue weighted by Crippen LogP contribution is -2.48. The Morgan fingerprint density at radius 3 is 2.52 bits per heavy atom. The number of carbonyl (C=O) groups excluding carboxylic acids is 1. The van der Waals surface area contributed by atoms with Crippen molar-refractivity contribution in [3.8, 4) is 0 Å². The second kappa shape index (κ2) is 8.28. The van der Waals surface area contributed by atoms with Crippen molar-refractivity contribution in [1.82, 2.24) is 15.1 Å². The number of nitrogens with one attached hydrogen (secondary N) is 1. The molecule has 27 heavy (non-hydrogen) atoms. The summed E-state index contributed by atoms with van der Waals surface area (Å²) in [5.74, 6) is 0.0888. The van der Waals surface area contributed by atoms with Crippen LogP contribution in [0.3, 0.4) is 0 Å². The van der Waals surface area contributed by atoms with Crippen molar-refractivity contribution in [2.75, 3.05) is 26.2 Å². The van der Waals surface area contributed by atoms with Gasteiger partial charge in [0.25, 0.3) is 5.91 Å². The summed E-state index contributed by atoms with van der Waals surface area (Å²) >= 11 is 0. The van der Waals surface area contributed by atoms with Crippen LogP contribution < -0.4 is 5.32 Å². The third kappa shape index (κ3) is 4.25. The minimum atomic E-state index is 0.0888. The summed E-state index contributed by atoms with van der Waals surface area (Å²) in [5.41, 5.74) is 2.05. The number of furan rings is 1. The van der Waals surface area contributed by atoms with Gasteiger partial charge in [0.05, 0.1) is 11.8 Å². The first-order chi connectivity index (χ1) is 13.2. The van der Waals surface area contributed by atoms with E-state index in [1.165, 1.54) is 18.2 Å². The van der Waals surface area contributed by atoms with Crippen molar-refractivity contribution in [3.05, 3.63) is 60.1 Å². The van der Waals surface area contributed by atoms with Crippen LogP contribution in [0.5, 0.6) is 0 Å². The molecule has 0 aliphatic carbocycles. The molecule has 1 aromatic heterocycles. The zero-order valence-electron chi connectivity index (χ0n) is 16.0. The predicted octanol–water partition coefficient (Wildman–Crippen LogP) is 3.31. The fourth-order valence-corrected chi connectivity index (χ4v) is 4.37. The summed E-state index contributed by atoms with van der Waals surface area (Å²) in [4.78, 5) is 16.9. The quantitative estimate of drug-likeness (QED) is 0.881. The van der Waals surface area contributed by atoms with Crippen LogP contribution in [0.25, 0.3) is 0 Å². The standard InChI is InChI=1S/C22H29N3O2/c1-17(18-5-3-2-4-6-18)25-13-9-21(15-25)23-20-7-11-24(12-8-20)22(26)19-10-14-27-16-19/h2-6,10,14,16-17,20-21,23H,7-9,11-13,15H2,1H3/t17-,21-/m1/s1. The van der Waals surface area contributed by atoms with E-state index in [0.29, 0.717) is 23.7 Å². The third-order valence-corrected chi connectivity index (χ3v) is 6.07. The number of amides is 1. The van der Waals surface area contributed by atoms with E-state index in [1.807, 2.05) is 4.90 Å². The molecule has 2 saturated heterocycles. The maximum absolute atomic E-state index is 12.4. The van der Waals surface area contributed by atoms with E-state index >= 15 is 0 Å². The van der Waals surface area contributed by atoms with Crippen molar-refractivity contribution >= 4 is 5.91 Å². The number of benzene rings is 1. The average molecular weight is 367 g/mol. The van der Waals surface area contributed by atoms with Crippen molar-refractivity contribution < 1.29 is 9.21 Å². The van der Waals surface area contributed by atoms with Gasteiger partial charge in [-0.3, -0.25) is 9.69 Å².